The van der Waals surface area contributed by atoms with Gasteiger partial charge in [0, 0.05) is 5.56 Å². The molecule has 28 heavy (non-hydrogen) atoms. The van der Waals surface area contributed by atoms with Crippen molar-refractivity contribution in [3.63, 3.8) is 0 Å². The molecule has 1 aromatic carbocycles. The molecule has 0 aliphatic carbocycles. The quantitative estimate of drug-likeness (QED) is 0.348. The maximum atomic E-state index is 13.5. The third-order valence-electron chi connectivity index (χ3n) is 3.17. The van der Waals surface area contributed by atoms with Crippen molar-refractivity contribution in [2.75, 3.05) is 6.61 Å². The van der Waals surface area contributed by atoms with Crippen LogP contribution in [0.1, 0.15) is 10.4 Å². The standard InChI is InChI=1S/C13H5Cl2F11O2/c14-6-3-5(8(15)27)1-2-7(6)28-4-9(16,17)10(18,19)11(20,21)12(22,23)13(24,25)26/h1-3H,4H2. The predicted octanol–water partition coefficient (Wildman–Crippen LogP) is 6.20. The fraction of sp³-hybridized carbons (Fsp3) is 0.462. The summed E-state index contributed by atoms with van der Waals surface area (Å²) < 4.78 is 145. The summed E-state index contributed by atoms with van der Waals surface area (Å²) in [5.41, 5.74) is -0.313. The average Bonchev–Trinajstić information content (AvgIpc) is 2.51. The molecule has 0 aliphatic rings. The molecule has 0 N–H and O–H groups in total. The Kier molecular flexibility index (Phi) is 6.48. The molecule has 0 fully saturated rings. The van der Waals surface area contributed by atoms with E-state index in [1.165, 1.54) is 0 Å². The first-order valence-corrected chi connectivity index (χ1v) is 7.25. The molecule has 0 spiro atoms. The monoisotopic (exact) mass is 472 g/mol. The van der Waals surface area contributed by atoms with Crippen LogP contribution in [-0.2, 0) is 0 Å². The van der Waals surface area contributed by atoms with Crippen LogP contribution in [0.4, 0.5) is 48.3 Å². The van der Waals surface area contributed by atoms with Crippen molar-refractivity contribution in [2.45, 2.75) is 29.9 Å². The van der Waals surface area contributed by atoms with Gasteiger partial charge < -0.3 is 4.74 Å². The van der Waals surface area contributed by atoms with Gasteiger partial charge in [-0.25, -0.2) is 0 Å². The number of hydrogen-bond donors (Lipinski definition) is 0. The molecule has 0 unspecified atom stereocenters. The Balaban J connectivity index is 3.16. The summed E-state index contributed by atoms with van der Waals surface area (Å²) in [6.45, 7) is -2.75. The molecule has 0 aliphatic heterocycles. The molecule has 0 bridgehead atoms. The van der Waals surface area contributed by atoms with Crippen molar-refractivity contribution >= 4 is 28.4 Å². The summed E-state index contributed by atoms with van der Waals surface area (Å²) in [6.07, 6.45) is -7.25. The van der Waals surface area contributed by atoms with Crippen molar-refractivity contribution in [3.8, 4) is 5.75 Å². The second kappa shape index (κ2) is 7.39. The number of ether oxygens (including phenoxy) is 1. The van der Waals surface area contributed by atoms with Crippen LogP contribution in [0.2, 0.25) is 5.02 Å². The van der Waals surface area contributed by atoms with E-state index in [2.05, 4.69) is 4.74 Å². The van der Waals surface area contributed by atoms with Gasteiger partial charge in [0.15, 0.2) is 6.61 Å². The molecule has 1 rings (SSSR count). The van der Waals surface area contributed by atoms with Gasteiger partial charge in [-0.2, -0.15) is 48.3 Å². The van der Waals surface area contributed by atoms with Crippen molar-refractivity contribution in [2.24, 2.45) is 0 Å². The first kappa shape index (κ1) is 24.5. The highest BCUT2D eigenvalue weighted by molar-refractivity contribution is 6.67. The van der Waals surface area contributed by atoms with Crippen LogP contribution in [-0.4, -0.2) is 41.7 Å². The molecule has 160 valence electrons. The number of halogens is 13. The molecule has 0 radical (unpaired) electrons. The Hall–Kier alpha value is -1.50. The van der Waals surface area contributed by atoms with E-state index in [1.54, 1.807) is 0 Å². The van der Waals surface area contributed by atoms with Crippen LogP contribution in [0.5, 0.6) is 5.75 Å². The number of alkyl halides is 11. The second-order valence-corrected chi connectivity index (χ2v) is 5.88. The van der Waals surface area contributed by atoms with Gasteiger partial charge in [-0.05, 0) is 29.8 Å². The van der Waals surface area contributed by atoms with Crippen LogP contribution < -0.4 is 4.74 Å². The number of carbonyl (C=O) groups is 1. The first-order chi connectivity index (χ1) is 12.3. The molecular formula is C13H5Cl2F11O2. The largest absolute Gasteiger partial charge is 0.485 e. The lowest BCUT2D eigenvalue weighted by atomic mass is 9.98. The zero-order valence-corrected chi connectivity index (χ0v) is 14.2. The van der Waals surface area contributed by atoms with E-state index in [-0.39, 0.29) is 5.56 Å². The van der Waals surface area contributed by atoms with Gasteiger partial charge in [-0.15, -0.1) is 0 Å². The average molecular weight is 473 g/mol. The van der Waals surface area contributed by atoms with Gasteiger partial charge in [0.05, 0.1) is 5.02 Å². The molecule has 0 saturated heterocycles. The lowest BCUT2D eigenvalue weighted by Crippen LogP contribution is -2.67. The Bertz CT molecular complexity index is 746. The fourth-order valence-electron chi connectivity index (χ4n) is 1.60. The number of rotatable bonds is 7. The number of benzene rings is 1. The molecule has 0 amide bonds. The Morgan fingerprint density at radius 3 is 1.75 bits per heavy atom. The van der Waals surface area contributed by atoms with Crippen molar-refractivity contribution in [3.05, 3.63) is 28.8 Å². The summed E-state index contributed by atoms with van der Waals surface area (Å²) in [4.78, 5) is 10.8. The smallest absolute Gasteiger partial charge is 0.460 e. The van der Waals surface area contributed by atoms with E-state index in [4.69, 9.17) is 23.2 Å². The van der Waals surface area contributed by atoms with Crippen LogP contribution in [0.3, 0.4) is 0 Å². The van der Waals surface area contributed by atoms with E-state index in [9.17, 15) is 53.1 Å². The van der Waals surface area contributed by atoms with Gasteiger partial charge in [0.1, 0.15) is 5.75 Å². The normalized spacial score (nSPS) is 14.2. The molecule has 0 saturated carbocycles. The van der Waals surface area contributed by atoms with Crippen LogP contribution in [0.25, 0.3) is 0 Å². The molecule has 0 heterocycles. The molecule has 0 aromatic heterocycles. The SMILES string of the molecule is O=C(Cl)c1ccc(OCC(F)(F)C(F)(F)C(F)(F)C(F)(F)C(F)(F)F)c(Cl)c1. The van der Waals surface area contributed by atoms with Crippen molar-refractivity contribution in [1.29, 1.82) is 0 Å². The number of hydrogen-bond acceptors (Lipinski definition) is 2. The Morgan fingerprint density at radius 2 is 1.36 bits per heavy atom. The van der Waals surface area contributed by atoms with Crippen LogP contribution >= 0.6 is 23.2 Å². The molecule has 1 aromatic rings. The van der Waals surface area contributed by atoms with Crippen LogP contribution in [0.15, 0.2) is 18.2 Å². The molecule has 2 nitrogen and oxygen atoms in total. The van der Waals surface area contributed by atoms with E-state index >= 15 is 0 Å². The summed E-state index contributed by atoms with van der Waals surface area (Å²) >= 11 is 10.5. The highest BCUT2D eigenvalue weighted by Gasteiger charge is 2.87. The van der Waals surface area contributed by atoms with Gasteiger partial charge in [0.2, 0.25) is 0 Å². The molecule has 0 atom stereocenters. The number of carbonyl (C=O) groups excluding carboxylic acids is 1. The summed E-state index contributed by atoms with van der Waals surface area (Å²) in [5, 5.41) is -1.78. The van der Waals surface area contributed by atoms with Crippen molar-refractivity contribution in [1.82, 2.24) is 0 Å². The fourth-order valence-corrected chi connectivity index (χ4v) is 1.96. The van der Waals surface area contributed by atoms with E-state index in [0.717, 1.165) is 6.07 Å². The van der Waals surface area contributed by atoms with Crippen LogP contribution in [0, 0.1) is 0 Å². The maximum Gasteiger partial charge on any atom is 0.460 e. The van der Waals surface area contributed by atoms with Gasteiger partial charge in [-0.3, -0.25) is 4.79 Å². The Morgan fingerprint density at radius 1 is 0.857 bits per heavy atom. The predicted molar refractivity (Wildman–Crippen MR) is 73.0 cm³/mol. The summed E-state index contributed by atoms with van der Waals surface area (Å²) in [7, 11) is 0. The topological polar surface area (TPSA) is 26.3 Å². The minimum atomic E-state index is -7.52. The maximum absolute atomic E-state index is 13.5. The molecular weight excluding hydrogens is 468 g/mol. The zero-order chi connectivity index (χ0) is 22.3. The summed E-state index contributed by atoms with van der Waals surface area (Å²) in [5.74, 6) is -29.3. The van der Waals surface area contributed by atoms with E-state index in [0.29, 0.717) is 12.1 Å². The highest BCUT2D eigenvalue weighted by Crippen LogP contribution is 2.57. The first-order valence-electron chi connectivity index (χ1n) is 6.50. The minimum Gasteiger partial charge on any atom is -0.485 e. The third-order valence-corrected chi connectivity index (χ3v) is 3.69. The van der Waals surface area contributed by atoms with Gasteiger partial charge in [0.25, 0.3) is 5.24 Å². The summed E-state index contributed by atoms with van der Waals surface area (Å²) in [6, 6.07) is 2.11. The van der Waals surface area contributed by atoms with Gasteiger partial charge >= 0.3 is 29.9 Å². The Labute approximate surface area is 158 Å². The van der Waals surface area contributed by atoms with E-state index in [1.807, 2.05) is 0 Å². The van der Waals surface area contributed by atoms with E-state index < -0.39 is 52.5 Å². The lowest BCUT2D eigenvalue weighted by molar-refractivity contribution is -0.423. The third kappa shape index (κ3) is 4.09. The minimum absolute atomic E-state index is 0.313. The molecule has 15 heteroatoms. The highest BCUT2D eigenvalue weighted by atomic mass is 35.5. The zero-order valence-electron chi connectivity index (χ0n) is 12.7. The second-order valence-electron chi connectivity index (χ2n) is 5.13. The van der Waals surface area contributed by atoms with Crippen molar-refractivity contribution < 1.29 is 57.8 Å². The lowest BCUT2D eigenvalue weighted by Gasteiger charge is -2.37. The van der Waals surface area contributed by atoms with Gasteiger partial charge in [-0.1, -0.05) is 11.6 Å².